The Labute approximate surface area is 124 Å². The summed E-state index contributed by atoms with van der Waals surface area (Å²) in [5, 5.41) is 2.05. The summed E-state index contributed by atoms with van der Waals surface area (Å²) in [6.45, 7) is 0. The third kappa shape index (κ3) is 2.72. The molecule has 0 radical (unpaired) electrons. The summed E-state index contributed by atoms with van der Waals surface area (Å²) in [6, 6.07) is 14.1. The molecule has 0 bridgehead atoms. The fraction of sp³-hybridized carbons (Fsp3) is 0.0625. The normalized spacial score (nSPS) is 11.8. The van der Waals surface area contributed by atoms with Gasteiger partial charge in [-0.2, -0.15) is 13.2 Å². The lowest BCUT2D eigenvalue weighted by Crippen LogP contribution is -2.04. The Balaban J connectivity index is 2.16. The number of aromatic nitrogens is 1. The lowest BCUT2D eigenvalue weighted by atomic mass is 10.0. The van der Waals surface area contributed by atoms with Gasteiger partial charge in [0, 0.05) is 10.9 Å². The van der Waals surface area contributed by atoms with Gasteiger partial charge in [0.1, 0.15) is 5.15 Å². The minimum atomic E-state index is -4.34. The number of hydrogen-bond acceptors (Lipinski definition) is 1. The zero-order valence-electron chi connectivity index (χ0n) is 10.7. The minimum Gasteiger partial charge on any atom is -0.235 e. The first kappa shape index (κ1) is 13.9. The van der Waals surface area contributed by atoms with Crippen molar-refractivity contribution < 1.29 is 13.2 Å². The largest absolute Gasteiger partial charge is 0.416 e. The third-order valence-corrected chi connectivity index (χ3v) is 3.39. The standard InChI is InChI=1S/C16H9ClF3N/c17-14-9-11-3-1-2-4-13(11)15(21-14)10-5-7-12(8-6-10)16(18,19)20/h1-9H. The smallest absolute Gasteiger partial charge is 0.235 e. The van der Waals surface area contributed by atoms with E-state index < -0.39 is 11.7 Å². The molecule has 1 aromatic heterocycles. The average molecular weight is 308 g/mol. The van der Waals surface area contributed by atoms with Gasteiger partial charge in [-0.3, -0.25) is 0 Å². The number of rotatable bonds is 1. The minimum absolute atomic E-state index is 0.309. The molecule has 0 spiro atoms. The molecule has 1 nitrogen and oxygen atoms in total. The Morgan fingerprint density at radius 2 is 1.57 bits per heavy atom. The maximum atomic E-state index is 12.6. The summed E-state index contributed by atoms with van der Waals surface area (Å²) < 4.78 is 37.8. The predicted molar refractivity (Wildman–Crippen MR) is 77.2 cm³/mol. The number of benzene rings is 2. The van der Waals surface area contributed by atoms with Crippen molar-refractivity contribution in [2.75, 3.05) is 0 Å². The van der Waals surface area contributed by atoms with Crippen LogP contribution in [0.1, 0.15) is 5.56 Å². The van der Waals surface area contributed by atoms with Crippen LogP contribution in [0.2, 0.25) is 5.15 Å². The van der Waals surface area contributed by atoms with Crippen molar-refractivity contribution in [1.82, 2.24) is 4.98 Å². The molecule has 0 aliphatic rings. The van der Waals surface area contributed by atoms with E-state index in [2.05, 4.69) is 4.98 Å². The van der Waals surface area contributed by atoms with E-state index in [1.165, 1.54) is 12.1 Å². The number of pyridine rings is 1. The van der Waals surface area contributed by atoms with Gasteiger partial charge in [0.05, 0.1) is 11.3 Å². The van der Waals surface area contributed by atoms with Crippen LogP contribution in [0.4, 0.5) is 13.2 Å². The van der Waals surface area contributed by atoms with Gasteiger partial charge in [-0.25, -0.2) is 4.98 Å². The van der Waals surface area contributed by atoms with Crippen LogP contribution in [0.3, 0.4) is 0 Å². The molecule has 0 atom stereocenters. The van der Waals surface area contributed by atoms with Crippen LogP contribution in [0.5, 0.6) is 0 Å². The number of nitrogens with zero attached hydrogens (tertiary/aromatic N) is 1. The molecule has 0 fully saturated rings. The molecule has 2 aromatic carbocycles. The molecule has 0 saturated heterocycles. The molecule has 0 N–H and O–H groups in total. The van der Waals surface area contributed by atoms with Crippen molar-refractivity contribution in [3.8, 4) is 11.3 Å². The number of fused-ring (bicyclic) bond motifs is 1. The highest BCUT2D eigenvalue weighted by molar-refractivity contribution is 6.30. The molecular formula is C16H9ClF3N. The van der Waals surface area contributed by atoms with E-state index in [0.29, 0.717) is 16.4 Å². The maximum absolute atomic E-state index is 12.6. The number of alkyl halides is 3. The highest BCUT2D eigenvalue weighted by atomic mass is 35.5. The zero-order chi connectivity index (χ0) is 15.0. The first-order valence-corrected chi connectivity index (χ1v) is 6.56. The second kappa shape index (κ2) is 5.04. The Kier molecular flexibility index (Phi) is 3.33. The van der Waals surface area contributed by atoms with Crippen molar-refractivity contribution >= 4 is 22.4 Å². The van der Waals surface area contributed by atoms with Crippen LogP contribution in [-0.2, 0) is 6.18 Å². The Morgan fingerprint density at radius 1 is 0.905 bits per heavy atom. The summed E-state index contributed by atoms with van der Waals surface area (Å²) in [5.74, 6) is 0. The van der Waals surface area contributed by atoms with E-state index in [1.807, 2.05) is 24.3 Å². The molecule has 0 amide bonds. The molecule has 3 aromatic rings. The first-order chi connectivity index (χ1) is 9.95. The highest BCUT2D eigenvalue weighted by Crippen LogP contribution is 2.33. The average Bonchev–Trinajstić information content (AvgIpc) is 2.45. The van der Waals surface area contributed by atoms with Crippen LogP contribution in [-0.4, -0.2) is 4.98 Å². The topological polar surface area (TPSA) is 12.9 Å². The van der Waals surface area contributed by atoms with Gasteiger partial charge < -0.3 is 0 Å². The fourth-order valence-corrected chi connectivity index (χ4v) is 2.41. The summed E-state index contributed by atoms with van der Waals surface area (Å²) in [6.07, 6.45) is -4.34. The van der Waals surface area contributed by atoms with Crippen LogP contribution < -0.4 is 0 Å². The molecule has 0 unspecified atom stereocenters. The lowest BCUT2D eigenvalue weighted by Gasteiger charge is -2.09. The highest BCUT2D eigenvalue weighted by Gasteiger charge is 2.30. The molecule has 0 saturated carbocycles. The molecular weight excluding hydrogens is 299 g/mol. The van der Waals surface area contributed by atoms with Gasteiger partial charge in [0.25, 0.3) is 0 Å². The van der Waals surface area contributed by atoms with Gasteiger partial charge in [-0.05, 0) is 23.6 Å². The number of hydrogen-bond donors (Lipinski definition) is 0. The SMILES string of the molecule is FC(F)(F)c1ccc(-c2nc(Cl)cc3ccccc23)cc1. The van der Waals surface area contributed by atoms with Gasteiger partial charge in [0.15, 0.2) is 0 Å². The van der Waals surface area contributed by atoms with E-state index >= 15 is 0 Å². The van der Waals surface area contributed by atoms with E-state index in [9.17, 15) is 13.2 Å². The van der Waals surface area contributed by atoms with Crippen LogP contribution in [0.25, 0.3) is 22.0 Å². The van der Waals surface area contributed by atoms with Crippen LogP contribution in [0.15, 0.2) is 54.6 Å². The Hall–Kier alpha value is -2.07. The van der Waals surface area contributed by atoms with Crippen molar-refractivity contribution in [1.29, 1.82) is 0 Å². The van der Waals surface area contributed by atoms with E-state index in [1.54, 1.807) is 6.07 Å². The second-order valence-electron chi connectivity index (χ2n) is 4.59. The molecule has 1 heterocycles. The molecule has 21 heavy (non-hydrogen) atoms. The van der Waals surface area contributed by atoms with E-state index in [4.69, 9.17) is 11.6 Å². The Bertz CT molecular complexity index is 795. The Morgan fingerprint density at radius 3 is 2.24 bits per heavy atom. The second-order valence-corrected chi connectivity index (χ2v) is 4.98. The van der Waals surface area contributed by atoms with E-state index in [0.717, 1.165) is 22.9 Å². The van der Waals surface area contributed by atoms with Crippen LogP contribution >= 0.6 is 11.6 Å². The lowest BCUT2D eigenvalue weighted by molar-refractivity contribution is -0.137. The van der Waals surface area contributed by atoms with Crippen molar-refractivity contribution in [3.63, 3.8) is 0 Å². The van der Waals surface area contributed by atoms with Gasteiger partial charge >= 0.3 is 6.18 Å². The van der Waals surface area contributed by atoms with Gasteiger partial charge in [-0.15, -0.1) is 0 Å². The maximum Gasteiger partial charge on any atom is 0.416 e. The zero-order valence-corrected chi connectivity index (χ0v) is 11.4. The first-order valence-electron chi connectivity index (χ1n) is 6.18. The molecule has 0 aliphatic heterocycles. The monoisotopic (exact) mass is 307 g/mol. The molecule has 5 heteroatoms. The molecule has 106 valence electrons. The van der Waals surface area contributed by atoms with Gasteiger partial charge in [-0.1, -0.05) is 48.0 Å². The van der Waals surface area contributed by atoms with Crippen molar-refractivity contribution in [3.05, 3.63) is 65.3 Å². The van der Waals surface area contributed by atoms with E-state index in [-0.39, 0.29) is 0 Å². The predicted octanol–water partition coefficient (Wildman–Crippen LogP) is 5.57. The summed E-state index contributed by atoms with van der Waals surface area (Å²) >= 11 is 5.99. The fourth-order valence-electron chi connectivity index (χ4n) is 2.20. The molecule has 3 rings (SSSR count). The molecule has 0 aliphatic carbocycles. The summed E-state index contributed by atoms with van der Waals surface area (Å²) in [5.41, 5.74) is 0.492. The third-order valence-electron chi connectivity index (χ3n) is 3.19. The number of halogens is 4. The van der Waals surface area contributed by atoms with Crippen molar-refractivity contribution in [2.24, 2.45) is 0 Å². The summed E-state index contributed by atoms with van der Waals surface area (Å²) in [7, 11) is 0. The van der Waals surface area contributed by atoms with Gasteiger partial charge in [0.2, 0.25) is 0 Å². The quantitative estimate of drug-likeness (QED) is 0.535. The summed E-state index contributed by atoms with van der Waals surface area (Å²) in [4.78, 5) is 4.25. The van der Waals surface area contributed by atoms with Crippen LogP contribution in [0, 0.1) is 0 Å². The van der Waals surface area contributed by atoms with Crippen molar-refractivity contribution in [2.45, 2.75) is 6.18 Å².